The SMILES string of the molecule is O=C(NN1CCCCC1)c1nn(-c2ccc(Cl)cc2Cl)c(-c2ccc(C#Cc3ccc(C(F)(F)F)cc3)s2)c1CNS(=O)(=O)NC1CCCCC1. The number of hydrazine groups is 1. The molecule has 3 heterocycles. The highest BCUT2D eigenvalue weighted by atomic mass is 35.5. The molecule has 1 saturated carbocycles. The lowest BCUT2D eigenvalue weighted by Gasteiger charge is -2.26. The first-order chi connectivity index (χ1) is 24.4. The normalized spacial score (nSPS) is 16.1. The third-order valence-corrected chi connectivity index (χ3v) is 11.4. The molecule has 2 aliphatic rings. The van der Waals surface area contributed by atoms with Crippen LogP contribution in [0.25, 0.3) is 16.3 Å². The van der Waals surface area contributed by atoms with Crippen molar-refractivity contribution in [1.29, 1.82) is 0 Å². The lowest BCUT2D eigenvalue weighted by atomic mass is 9.96. The summed E-state index contributed by atoms with van der Waals surface area (Å²) < 4.78 is 72.6. The number of carbonyl (C=O) groups excluding carboxylic acids is 1. The minimum absolute atomic E-state index is 0.00717. The van der Waals surface area contributed by atoms with Crippen LogP contribution in [0.2, 0.25) is 10.0 Å². The van der Waals surface area contributed by atoms with E-state index in [4.69, 9.17) is 28.3 Å². The maximum atomic E-state index is 13.9. The molecule has 16 heteroatoms. The third kappa shape index (κ3) is 9.53. The van der Waals surface area contributed by atoms with Crippen molar-refractivity contribution in [2.75, 3.05) is 13.1 Å². The van der Waals surface area contributed by atoms with E-state index in [2.05, 4.69) is 26.7 Å². The maximum absolute atomic E-state index is 13.9. The molecular formula is C35H35Cl2F3N6O3S2. The molecule has 9 nitrogen and oxygen atoms in total. The zero-order valence-corrected chi connectivity index (χ0v) is 30.5. The van der Waals surface area contributed by atoms with Crippen LogP contribution in [-0.4, -0.2) is 48.2 Å². The van der Waals surface area contributed by atoms with Gasteiger partial charge in [0.05, 0.1) is 31.7 Å². The first-order valence-corrected chi connectivity index (χ1v) is 19.6. The Labute approximate surface area is 308 Å². The second kappa shape index (κ2) is 16.1. The lowest BCUT2D eigenvalue weighted by molar-refractivity contribution is -0.137. The van der Waals surface area contributed by atoms with E-state index in [1.807, 2.05) is 5.01 Å². The summed E-state index contributed by atoms with van der Waals surface area (Å²) in [5.41, 5.74) is 3.71. The highest BCUT2D eigenvalue weighted by molar-refractivity contribution is 7.87. The number of carbonyl (C=O) groups is 1. The Balaban J connectivity index is 1.40. The fourth-order valence-electron chi connectivity index (χ4n) is 6.14. The number of alkyl halides is 3. The van der Waals surface area contributed by atoms with Gasteiger partial charge in [0.2, 0.25) is 0 Å². The second-order valence-electron chi connectivity index (χ2n) is 12.4. The Morgan fingerprint density at radius 3 is 2.33 bits per heavy atom. The van der Waals surface area contributed by atoms with E-state index >= 15 is 0 Å². The van der Waals surface area contributed by atoms with Crippen molar-refractivity contribution in [3.8, 4) is 28.1 Å². The lowest BCUT2D eigenvalue weighted by Crippen LogP contribution is -2.46. The monoisotopic (exact) mass is 778 g/mol. The van der Waals surface area contributed by atoms with Gasteiger partial charge in [-0.15, -0.1) is 11.3 Å². The van der Waals surface area contributed by atoms with Crippen LogP contribution in [0, 0.1) is 11.8 Å². The smallest absolute Gasteiger partial charge is 0.283 e. The van der Waals surface area contributed by atoms with Crippen molar-refractivity contribution in [1.82, 2.24) is 29.7 Å². The molecule has 1 aliphatic carbocycles. The number of thiophene rings is 1. The average molecular weight is 780 g/mol. The van der Waals surface area contributed by atoms with E-state index < -0.39 is 27.9 Å². The number of halogens is 5. The van der Waals surface area contributed by atoms with Crippen LogP contribution in [0.15, 0.2) is 54.6 Å². The van der Waals surface area contributed by atoms with Crippen LogP contribution in [-0.2, 0) is 22.9 Å². The molecule has 0 atom stereocenters. The van der Waals surface area contributed by atoms with E-state index in [0.29, 0.717) is 50.4 Å². The number of nitrogens with one attached hydrogen (secondary N) is 3. The molecule has 2 aromatic heterocycles. The molecule has 1 saturated heterocycles. The van der Waals surface area contributed by atoms with Gasteiger partial charge in [0.15, 0.2) is 5.69 Å². The zero-order chi connectivity index (χ0) is 36.2. The molecule has 0 radical (unpaired) electrons. The Hall–Kier alpha value is -3.42. The van der Waals surface area contributed by atoms with E-state index in [-0.39, 0.29) is 23.3 Å². The number of piperidine rings is 1. The summed E-state index contributed by atoms with van der Waals surface area (Å²) in [6.45, 7) is 1.07. The molecule has 0 unspecified atom stereocenters. The number of rotatable bonds is 9. The molecular weight excluding hydrogens is 744 g/mol. The van der Waals surface area contributed by atoms with Crippen LogP contribution < -0.4 is 14.9 Å². The molecule has 51 heavy (non-hydrogen) atoms. The van der Waals surface area contributed by atoms with Gasteiger partial charge in [0.25, 0.3) is 16.1 Å². The van der Waals surface area contributed by atoms with E-state index in [1.54, 1.807) is 30.3 Å². The van der Waals surface area contributed by atoms with Crippen molar-refractivity contribution in [3.63, 3.8) is 0 Å². The molecule has 6 rings (SSSR count). The highest BCUT2D eigenvalue weighted by Crippen LogP contribution is 2.37. The summed E-state index contributed by atoms with van der Waals surface area (Å²) in [6.07, 6.45) is 2.88. The third-order valence-electron chi connectivity index (χ3n) is 8.70. The van der Waals surface area contributed by atoms with Crippen molar-refractivity contribution < 1.29 is 26.4 Å². The van der Waals surface area contributed by atoms with E-state index in [1.165, 1.54) is 28.2 Å². The van der Waals surface area contributed by atoms with Gasteiger partial charge in [-0.2, -0.15) is 36.1 Å². The average Bonchev–Trinajstić information content (AvgIpc) is 3.72. The Morgan fingerprint density at radius 2 is 1.65 bits per heavy atom. The Morgan fingerprint density at radius 1 is 0.941 bits per heavy atom. The molecule has 270 valence electrons. The van der Waals surface area contributed by atoms with Crippen LogP contribution in [0.4, 0.5) is 13.2 Å². The van der Waals surface area contributed by atoms with Gasteiger partial charge in [0, 0.05) is 41.8 Å². The largest absolute Gasteiger partial charge is 0.416 e. The van der Waals surface area contributed by atoms with Crippen LogP contribution in [0.1, 0.15) is 83.4 Å². The molecule has 1 amide bonds. The number of nitrogens with zero attached hydrogens (tertiary/aromatic N) is 3. The summed E-state index contributed by atoms with van der Waals surface area (Å²) in [5, 5.41) is 7.20. The number of hydrogen-bond acceptors (Lipinski definition) is 6. The molecule has 3 N–H and O–H groups in total. The first kappa shape index (κ1) is 37.3. The van der Waals surface area contributed by atoms with Crippen molar-refractivity contribution >= 4 is 50.7 Å². The topological polar surface area (TPSA) is 108 Å². The van der Waals surface area contributed by atoms with Crippen molar-refractivity contribution in [3.05, 3.63) is 91.9 Å². The zero-order valence-electron chi connectivity index (χ0n) is 27.3. The van der Waals surface area contributed by atoms with Crippen LogP contribution in [0.3, 0.4) is 0 Å². The number of amides is 1. The standard InChI is InChI=1S/C35H35Cl2F3N6O3S2/c36-25-14-17-30(29(37)21-25)46-33(31-18-16-27(50-31)15-11-23-9-12-24(13-10-23)35(38,39)40)28(22-41-51(48,49)44-26-7-3-1-4-8-26)32(42-46)34(47)43-45-19-5-2-6-20-45/h9-10,12-14,16-18,21,26,41,44H,1-8,19-20,22H2,(H,43,47). The van der Waals surface area contributed by atoms with Gasteiger partial charge in [-0.1, -0.05) is 60.7 Å². The van der Waals surface area contributed by atoms with Crippen LogP contribution >= 0.6 is 34.5 Å². The minimum atomic E-state index is -4.45. The van der Waals surface area contributed by atoms with Gasteiger partial charge < -0.3 is 0 Å². The van der Waals surface area contributed by atoms with E-state index in [0.717, 1.165) is 63.5 Å². The molecule has 4 aromatic rings. The molecule has 0 spiro atoms. The van der Waals surface area contributed by atoms with Gasteiger partial charge in [-0.3, -0.25) is 10.2 Å². The summed E-state index contributed by atoms with van der Waals surface area (Å²) in [5.74, 6) is 5.39. The molecule has 1 aliphatic heterocycles. The predicted octanol–water partition coefficient (Wildman–Crippen LogP) is 7.71. The Bertz CT molecular complexity index is 2040. The summed E-state index contributed by atoms with van der Waals surface area (Å²) in [6, 6.07) is 12.7. The fraction of sp³-hybridized carbons (Fsp3) is 0.371. The molecule has 2 aromatic carbocycles. The van der Waals surface area contributed by atoms with E-state index in [9.17, 15) is 26.4 Å². The number of benzene rings is 2. The fourth-order valence-corrected chi connectivity index (χ4v) is 8.64. The van der Waals surface area contributed by atoms with Gasteiger partial charge in [-0.25, -0.2) is 9.69 Å². The van der Waals surface area contributed by atoms with Gasteiger partial charge in [-0.05, 0) is 80.3 Å². The summed E-state index contributed by atoms with van der Waals surface area (Å²) >= 11 is 14.1. The minimum Gasteiger partial charge on any atom is -0.283 e. The Kier molecular flexibility index (Phi) is 11.8. The summed E-state index contributed by atoms with van der Waals surface area (Å²) in [7, 11) is -3.98. The highest BCUT2D eigenvalue weighted by Gasteiger charge is 2.31. The van der Waals surface area contributed by atoms with Gasteiger partial charge in [0.1, 0.15) is 0 Å². The maximum Gasteiger partial charge on any atom is 0.416 e. The molecule has 2 fully saturated rings. The first-order valence-electron chi connectivity index (χ1n) is 16.6. The van der Waals surface area contributed by atoms with Gasteiger partial charge >= 0.3 is 6.18 Å². The quantitative estimate of drug-likeness (QED) is 0.151. The second-order valence-corrected chi connectivity index (χ2v) is 15.9. The summed E-state index contributed by atoms with van der Waals surface area (Å²) in [4.78, 5) is 15.1. The van der Waals surface area contributed by atoms with Crippen molar-refractivity contribution in [2.45, 2.75) is 70.1 Å². The molecule has 0 bridgehead atoms. The van der Waals surface area contributed by atoms with Crippen LogP contribution in [0.5, 0.6) is 0 Å². The predicted molar refractivity (Wildman–Crippen MR) is 193 cm³/mol. The number of aromatic nitrogens is 2. The van der Waals surface area contributed by atoms with Crippen molar-refractivity contribution in [2.24, 2.45) is 0 Å². The number of hydrogen-bond donors (Lipinski definition) is 3.